The fraction of sp³-hybridized carbons (Fsp3) is 0.625. The van der Waals surface area contributed by atoms with Crippen LogP contribution in [0.25, 0.3) is 0 Å². The third-order valence-corrected chi connectivity index (χ3v) is 4.58. The maximum atomic E-state index is 5.99. The van der Waals surface area contributed by atoms with Crippen LogP contribution in [0.3, 0.4) is 0 Å². The molecule has 2 heteroatoms. The maximum Gasteiger partial charge on any atom is 0.0398 e. The molecule has 0 saturated heterocycles. The first-order valence-electron chi connectivity index (χ1n) is 7.41. The zero-order valence-corrected chi connectivity index (χ0v) is 11.1. The first kappa shape index (κ1) is 12.0. The summed E-state index contributed by atoms with van der Waals surface area (Å²) in [6.45, 7) is 2.48. The van der Waals surface area contributed by atoms with Gasteiger partial charge in [-0.25, -0.2) is 0 Å². The van der Waals surface area contributed by atoms with Crippen molar-refractivity contribution in [3.63, 3.8) is 0 Å². The topological polar surface area (TPSA) is 29.3 Å². The second-order valence-electron chi connectivity index (χ2n) is 5.96. The smallest absolute Gasteiger partial charge is 0.0398 e. The number of hydrogen-bond donors (Lipinski definition) is 1. The Bertz CT molecular complexity index is 394. The molecule has 18 heavy (non-hydrogen) atoms. The molecule has 0 unspecified atom stereocenters. The van der Waals surface area contributed by atoms with Gasteiger partial charge in [0.25, 0.3) is 0 Å². The monoisotopic (exact) mass is 244 g/mol. The van der Waals surface area contributed by atoms with Crippen LogP contribution >= 0.6 is 0 Å². The summed E-state index contributed by atoms with van der Waals surface area (Å²) in [5.41, 5.74) is 9.02. The van der Waals surface area contributed by atoms with Crippen molar-refractivity contribution >= 4 is 5.69 Å². The number of aryl methyl sites for hydroxylation is 1. The number of benzene rings is 1. The van der Waals surface area contributed by atoms with Crippen LogP contribution in [0.1, 0.15) is 37.7 Å². The summed E-state index contributed by atoms with van der Waals surface area (Å²) in [6.07, 6.45) is 7.64. The molecule has 1 aromatic rings. The predicted octanol–water partition coefficient (Wildman–Crippen LogP) is 2.96. The van der Waals surface area contributed by atoms with Crippen molar-refractivity contribution in [1.29, 1.82) is 0 Å². The van der Waals surface area contributed by atoms with Gasteiger partial charge in [-0.05, 0) is 56.1 Å². The predicted molar refractivity (Wildman–Crippen MR) is 76.9 cm³/mol. The summed E-state index contributed by atoms with van der Waals surface area (Å²) in [6, 6.07) is 9.40. The van der Waals surface area contributed by atoms with Crippen LogP contribution in [0, 0.1) is 5.92 Å². The Morgan fingerprint density at radius 2 is 1.89 bits per heavy atom. The minimum Gasteiger partial charge on any atom is -0.371 e. The minimum absolute atomic E-state index is 0.467. The lowest BCUT2D eigenvalue weighted by atomic mass is 9.85. The average molecular weight is 244 g/mol. The minimum atomic E-state index is 0.467. The van der Waals surface area contributed by atoms with Crippen molar-refractivity contribution in [2.45, 2.75) is 44.6 Å². The SMILES string of the molecule is NC1CCC(CN2CCCc3ccccc32)CC1. The molecule has 0 radical (unpaired) electrons. The molecular formula is C16H24N2. The Kier molecular flexibility index (Phi) is 3.55. The molecule has 1 aromatic carbocycles. The molecule has 1 fully saturated rings. The van der Waals surface area contributed by atoms with Gasteiger partial charge in [0.05, 0.1) is 0 Å². The molecule has 0 aromatic heterocycles. The highest BCUT2D eigenvalue weighted by Gasteiger charge is 2.23. The summed E-state index contributed by atoms with van der Waals surface area (Å²) >= 11 is 0. The third-order valence-electron chi connectivity index (χ3n) is 4.58. The van der Waals surface area contributed by atoms with E-state index in [1.165, 1.54) is 62.9 Å². The van der Waals surface area contributed by atoms with Crippen LogP contribution < -0.4 is 10.6 Å². The van der Waals surface area contributed by atoms with E-state index in [1.54, 1.807) is 0 Å². The highest BCUT2D eigenvalue weighted by atomic mass is 15.1. The van der Waals surface area contributed by atoms with Gasteiger partial charge in [0.15, 0.2) is 0 Å². The normalized spacial score (nSPS) is 27.9. The zero-order chi connectivity index (χ0) is 12.4. The van der Waals surface area contributed by atoms with E-state index < -0.39 is 0 Å². The van der Waals surface area contributed by atoms with Gasteiger partial charge in [-0.2, -0.15) is 0 Å². The number of para-hydroxylation sites is 1. The molecule has 1 saturated carbocycles. The number of nitrogens with zero attached hydrogens (tertiary/aromatic N) is 1. The molecule has 0 amide bonds. The summed E-state index contributed by atoms with van der Waals surface area (Å²) in [5.74, 6) is 0.857. The summed E-state index contributed by atoms with van der Waals surface area (Å²) in [5, 5.41) is 0. The molecule has 0 bridgehead atoms. The van der Waals surface area contributed by atoms with Crippen LogP contribution in [-0.4, -0.2) is 19.1 Å². The van der Waals surface area contributed by atoms with Crippen molar-refractivity contribution in [3.8, 4) is 0 Å². The Labute approximate surface area is 110 Å². The number of nitrogens with two attached hydrogens (primary N) is 1. The Hall–Kier alpha value is -1.02. The van der Waals surface area contributed by atoms with E-state index in [2.05, 4.69) is 29.2 Å². The van der Waals surface area contributed by atoms with Crippen LogP contribution in [0.5, 0.6) is 0 Å². The van der Waals surface area contributed by atoms with Crippen LogP contribution in [0.2, 0.25) is 0 Å². The fourth-order valence-electron chi connectivity index (χ4n) is 3.48. The standard InChI is InChI=1S/C16H24N2/c17-15-9-7-13(8-10-15)12-18-11-3-5-14-4-1-2-6-16(14)18/h1-2,4,6,13,15H,3,5,7-12,17H2. The van der Waals surface area contributed by atoms with E-state index in [0.717, 1.165) is 5.92 Å². The van der Waals surface area contributed by atoms with Gasteiger partial charge in [-0.15, -0.1) is 0 Å². The van der Waals surface area contributed by atoms with Crippen molar-refractivity contribution in [3.05, 3.63) is 29.8 Å². The second kappa shape index (κ2) is 5.31. The van der Waals surface area contributed by atoms with Crippen molar-refractivity contribution in [1.82, 2.24) is 0 Å². The molecular weight excluding hydrogens is 220 g/mol. The highest BCUT2D eigenvalue weighted by Crippen LogP contribution is 2.30. The molecule has 3 rings (SSSR count). The zero-order valence-electron chi connectivity index (χ0n) is 11.1. The van der Waals surface area contributed by atoms with E-state index in [0.29, 0.717) is 6.04 Å². The van der Waals surface area contributed by atoms with E-state index >= 15 is 0 Å². The first-order valence-corrected chi connectivity index (χ1v) is 7.41. The molecule has 2 nitrogen and oxygen atoms in total. The van der Waals surface area contributed by atoms with Gasteiger partial charge in [0, 0.05) is 24.8 Å². The van der Waals surface area contributed by atoms with Crippen LogP contribution in [0.15, 0.2) is 24.3 Å². The van der Waals surface area contributed by atoms with Gasteiger partial charge in [0.2, 0.25) is 0 Å². The Morgan fingerprint density at radius 1 is 1.11 bits per heavy atom. The quantitative estimate of drug-likeness (QED) is 0.866. The van der Waals surface area contributed by atoms with E-state index in [9.17, 15) is 0 Å². The van der Waals surface area contributed by atoms with E-state index in [1.807, 2.05) is 0 Å². The van der Waals surface area contributed by atoms with Crippen molar-refractivity contribution in [2.75, 3.05) is 18.0 Å². The lowest BCUT2D eigenvalue weighted by Gasteiger charge is -2.36. The lowest BCUT2D eigenvalue weighted by molar-refractivity contribution is 0.325. The fourth-order valence-corrected chi connectivity index (χ4v) is 3.48. The largest absolute Gasteiger partial charge is 0.371 e. The molecule has 1 aliphatic heterocycles. The lowest BCUT2D eigenvalue weighted by Crippen LogP contribution is -2.37. The Morgan fingerprint density at radius 3 is 2.72 bits per heavy atom. The Balaban J connectivity index is 1.67. The summed E-state index contributed by atoms with van der Waals surface area (Å²) < 4.78 is 0. The van der Waals surface area contributed by atoms with Gasteiger partial charge < -0.3 is 10.6 Å². The van der Waals surface area contributed by atoms with E-state index in [-0.39, 0.29) is 0 Å². The van der Waals surface area contributed by atoms with Crippen LogP contribution in [0.4, 0.5) is 5.69 Å². The average Bonchev–Trinajstić information content (AvgIpc) is 2.42. The maximum absolute atomic E-state index is 5.99. The van der Waals surface area contributed by atoms with Gasteiger partial charge in [-0.3, -0.25) is 0 Å². The first-order chi connectivity index (χ1) is 8.83. The third kappa shape index (κ3) is 2.54. The molecule has 2 N–H and O–H groups in total. The molecule has 1 heterocycles. The van der Waals surface area contributed by atoms with Crippen molar-refractivity contribution in [2.24, 2.45) is 11.7 Å². The second-order valence-corrected chi connectivity index (χ2v) is 5.96. The summed E-state index contributed by atoms with van der Waals surface area (Å²) in [7, 11) is 0. The molecule has 98 valence electrons. The number of rotatable bonds is 2. The van der Waals surface area contributed by atoms with Crippen LogP contribution in [-0.2, 0) is 6.42 Å². The number of anilines is 1. The summed E-state index contributed by atoms with van der Waals surface area (Å²) in [4.78, 5) is 2.61. The van der Waals surface area contributed by atoms with Gasteiger partial charge >= 0.3 is 0 Å². The molecule has 0 spiro atoms. The van der Waals surface area contributed by atoms with E-state index in [4.69, 9.17) is 5.73 Å². The highest BCUT2D eigenvalue weighted by molar-refractivity contribution is 5.55. The molecule has 2 aliphatic rings. The van der Waals surface area contributed by atoms with Gasteiger partial charge in [-0.1, -0.05) is 18.2 Å². The number of hydrogen-bond acceptors (Lipinski definition) is 2. The molecule has 1 aliphatic carbocycles. The van der Waals surface area contributed by atoms with Gasteiger partial charge in [0.1, 0.15) is 0 Å². The van der Waals surface area contributed by atoms with Crippen molar-refractivity contribution < 1.29 is 0 Å². The molecule has 0 atom stereocenters. The number of fused-ring (bicyclic) bond motifs is 1.